The summed E-state index contributed by atoms with van der Waals surface area (Å²) in [6.07, 6.45) is 0. The molecule has 2 aromatic carbocycles. The highest BCUT2D eigenvalue weighted by molar-refractivity contribution is 5.31. The van der Waals surface area contributed by atoms with Crippen molar-refractivity contribution in [1.29, 1.82) is 0 Å². The van der Waals surface area contributed by atoms with Crippen LogP contribution in [0.15, 0.2) is 66.7 Å². The zero-order chi connectivity index (χ0) is 17.4. The Bertz CT molecular complexity index is 636. The molecule has 2 rings (SSSR count). The molecule has 24 heavy (non-hydrogen) atoms. The lowest BCUT2D eigenvalue weighted by molar-refractivity contribution is -0.0514. The fourth-order valence-corrected chi connectivity index (χ4v) is 2.07. The molecule has 0 heterocycles. The Balaban J connectivity index is 1.90. The normalized spacial score (nSPS) is 13.1. The average Bonchev–Trinajstić information content (AvgIpc) is 2.61. The Morgan fingerprint density at radius 3 is 2.21 bits per heavy atom. The molecule has 0 saturated heterocycles. The number of methoxy groups -OCH3 is 1. The average molecular weight is 328 g/mol. The molecular weight excluding hydrogens is 304 g/mol. The van der Waals surface area contributed by atoms with Gasteiger partial charge in [0, 0.05) is 0 Å². The summed E-state index contributed by atoms with van der Waals surface area (Å²) in [4.78, 5) is 0. The Kier molecular flexibility index (Phi) is 6.41. The van der Waals surface area contributed by atoms with Crippen molar-refractivity contribution in [3.05, 3.63) is 72.3 Å². The van der Waals surface area contributed by atoms with Gasteiger partial charge in [-0.05, 0) is 42.3 Å². The van der Waals surface area contributed by atoms with Crippen LogP contribution in [-0.2, 0) is 11.3 Å². The molecule has 4 nitrogen and oxygen atoms in total. The third kappa shape index (κ3) is 5.11. The first-order valence-electron chi connectivity index (χ1n) is 7.80. The van der Waals surface area contributed by atoms with Crippen molar-refractivity contribution in [1.82, 2.24) is 0 Å². The second kappa shape index (κ2) is 8.52. The lowest BCUT2D eigenvalue weighted by atomic mass is 9.98. The molecule has 0 spiro atoms. The van der Waals surface area contributed by atoms with Crippen LogP contribution in [0.4, 0.5) is 0 Å². The highest BCUT2D eigenvalue weighted by Gasteiger charge is 2.29. The van der Waals surface area contributed by atoms with Gasteiger partial charge < -0.3 is 19.3 Å². The Labute approximate surface area is 143 Å². The molecule has 0 aliphatic rings. The van der Waals surface area contributed by atoms with Gasteiger partial charge in [-0.15, -0.1) is 0 Å². The third-order valence-electron chi connectivity index (χ3n) is 3.78. The topological polar surface area (TPSA) is 47.9 Å². The number of hydrogen-bond acceptors (Lipinski definition) is 4. The van der Waals surface area contributed by atoms with Gasteiger partial charge in [-0.1, -0.05) is 36.9 Å². The van der Waals surface area contributed by atoms with Gasteiger partial charge in [-0.3, -0.25) is 0 Å². The highest BCUT2D eigenvalue weighted by Crippen LogP contribution is 2.21. The van der Waals surface area contributed by atoms with Crippen LogP contribution in [-0.4, -0.2) is 31.0 Å². The number of aliphatic hydroxyl groups is 1. The minimum absolute atomic E-state index is 0.0729. The second-order valence-corrected chi connectivity index (χ2v) is 5.75. The van der Waals surface area contributed by atoms with Gasteiger partial charge in [0.2, 0.25) is 0 Å². The van der Waals surface area contributed by atoms with E-state index in [0.29, 0.717) is 17.9 Å². The maximum atomic E-state index is 10.8. The van der Waals surface area contributed by atoms with Crippen LogP contribution in [0, 0.1) is 0 Å². The van der Waals surface area contributed by atoms with E-state index < -0.39 is 5.60 Å². The first-order valence-corrected chi connectivity index (χ1v) is 7.80. The van der Waals surface area contributed by atoms with Crippen LogP contribution >= 0.6 is 0 Å². The van der Waals surface area contributed by atoms with Crippen molar-refractivity contribution in [3.8, 4) is 11.5 Å². The molecule has 0 aliphatic heterocycles. The molecule has 0 aromatic heterocycles. The zero-order valence-corrected chi connectivity index (χ0v) is 14.2. The molecule has 128 valence electrons. The Morgan fingerprint density at radius 1 is 1.00 bits per heavy atom. The molecule has 2 aromatic rings. The van der Waals surface area contributed by atoms with E-state index >= 15 is 0 Å². The van der Waals surface area contributed by atoms with Gasteiger partial charge in [-0.2, -0.15) is 0 Å². The largest absolute Gasteiger partial charge is 0.497 e. The standard InChI is InChI=1S/C20H24O4/c1-16(2)20(21,14-23-13-17-7-5-4-6-8-17)15-24-19-11-9-18(22-3)10-12-19/h4-12,21H,1,13-15H2,2-3H3/t20-/m0/s1. The predicted molar refractivity (Wildman–Crippen MR) is 94.4 cm³/mol. The SMILES string of the molecule is C=C(C)[C@](O)(COCc1ccccc1)COc1ccc(OC)cc1. The molecule has 0 radical (unpaired) electrons. The van der Waals surface area contributed by atoms with E-state index in [1.807, 2.05) is 30.3 Å². The van der Waals surface area contributed by atoms with Crippen molar-refractivity contribution in [2.24, 2.45) is 0 Å². The Hall–Kier alpha value is -2.30. The molecular formula is C20H24O4. The van der Waals surface area contributed by atoms with E-state index in [9.17, 15) is 5.11 Å². The minimum Gasteiger partial charge on any atom is -0.497 e. The van der Waals surface area contributed by atoms with E-state index in [0.717, 1.165) is 11.3 Å². The van der Waals surface area contributed by atoms with E-state index in [1.54, 1.807) is 38.3 Å². The van der Waals surface area contributed by atoms with Crippen molar-refractivity contribution >= 4 is 0 Å². The molecule has 0 unspecified atom stereocenters. The lowest BCUT2D eigenvalue weighted by Gasteiger charge is -2.28. The van der Waals surface area contributed by atoms with Crippen LogP contribution in [0.1, 0.15) is 12.5 Å². The summed E-state index contributed by atoms with van der Waals surface area (Å²) in [6, 6.07) is 17.0. The number of rotatable bonds is 9. The Morgan fingerprint density at radius 2 is 1.62 bits per heavy atom. The van der Waals surface area contributed by atoms with E-state index in [4.69, 9.17) is 14.2 Å². The van der Waals surface area contributed by atoms with Crippen molar-refractivity contribution in [3.63, 3.8) is 0 Å². The van der Waals surface area contributed by atoms with Gasteiger partial charge in [0.1, 0.15) is 23.7 Å². The van der Waals surface area contributed by atoms with Crippen molar-refractivity contribution in [2.45, 2.75) is 19.1 Å². The molecule has 0 fully saturated rings. The first kappa shape index (κ1) is 18.0. The van der Waals surface area contributed by atoms with Crippen LogP contribution in [0.25, 0.3) is 0 Å². The zero-order valence-electron chi connectivity index (χ0n) is 14.2. The van der Waals surface area contributed by atoms with Crippen LogP contribution in [0.2, 0.25) is 0 Å². The molecule has 0 saturated carbocycles. The van der Waals surface area contributed by atoms with E-state index in [1.165, 1.54) is 0 Å². The van der Waals surface area contributed by atoms with Gasteiger partial charge in [-0.25, -0.2) is 0 Å². The summed E-state index contributed by atoms with van der Waals surface area (Å²) in [5.41, 5.74) is 0.413. The molecule has 1 N–H and O–H groups in total. The second-order valence-electron chi connectivity index (χ2n) is 5.75. The summed E-state index contributed by atoms with van der Waals surface area (Å²) in [5, 5.41) is 10.8. The van der Waals surface area contributed by atoms with Gasteiger partial charge in [0.05, 0.1) is 20.3 Å². The summed E-state index contributed by atoms with van der Waals surface area (Å²) in [7, 11) is 1.61. The lowest BCUT2D eigenvalue weighted by Crippen LogP contribution is -2.41. The summed E-state index contributed by atoms with van der Waals surface area (Å²) >= 11 is 0. The molecule has 0 aliphatic carbocycles. The van der Waals surface area contributed by atoms with Gasteiger partial charge in [0.15, 0.2) is 0 Å². The first-order chi connectivity index (χ1) is 11.5. The summed E-state index contributed by atoms with van der Waals surface area (Å²) < 4.78 is 16.5. The predicted octanol–water partition coefficient (Wildman–Crippen LogP) is 3.60. The minimum atomic E-state index is -1.24. The quantitative estimate of drug-likeness (QED) is 0.715. The van der Waals surface area contributed by atoms with Gasteiger partial charge >= 0.3 is 0 Å². The maximum absolute atomic E-state index is 10.8. The van der Waals surface area contributed by atoms with Gasteiger partial charge in [0.25, 0.3) is 0 Å². The number of benzene rings is 2. The fraction of sp³-hybridized carbons (Fsp3) is 0.300. The van der Waals surface area contributed by atoms with E-state index in [2.05, 4.69) is 6.58 Å². The van der Waals surface area contributed by atoms with E-state index in [-0.39, 0.29) is 13.2 Å². The number of hydrogen-bond donors (Lipinski definition) is 1. The van der Waals surface area contributed by atoms with Crippen LogP contribution in [0.3, 0.4) is 0 Å². The maximum Gasteiger partial charge on any atom is 0.142 e. The molecule has 4 heteroatoms. The van der Waals surface area contributed by atoms with Crippen molar-refractivity contribution in [2.75, 3.05) is 20.3 Å². The molecule has 0 amide bonds. The van der Waals surface area contributed by atoms with Crippen molar-refractivity contribution < 1.29 is 19.3 Å². The highest BCUT2D eigenvalue weighted by atomic mass is 16.5. The third-order valence-corrected chi connectivity index (χ3v) is 3.78. The molecule has 0 bridgehead atoms. The molecule has 1 atom stereocenters. The summed E-state index contributed by atoms with van der Waals surface area (Å²) in [6.45, 7) is 6.25. The van der Waals surface area contributed by atoms with Crippen LogP contribution in [0.5, 0.6) is 11.5 Å². The summed E-state index contributed by atoms with van der Waals surface area (Å²) in [5.74, 6) is 1.40. The fourth-order valence-electron chi connectivity index (χ4n) is 2.07. The smallest absolute Gasteiger partial charge is 0.142 e. The monoisotopic (exact) mass is 328 g/mol. The number of ether oxygens (including phenoxy) is 3. The van der Waals surface area contributed by atoms with Crippen LogP contribution < -0.4 is 9.47 Å².